The zero-order chi connectivity index (χ0) is 9.14. The molecule has 0 bridgehead atoms. The van der Waals surface area contributed by atoms with Crippen LogP contribution in [-0.4, -0.2) is 11.4 Å². The Morgan fingerprint density at radius 2 is 2.25 bits per heavy atom. The number of anilines is 2. The van der Waals surface area contributed by atoms with E-state index in [4.69, 9.17) is 28.9 Å². The van der Waals surface area contributed by atoms with Crippen molar-refractivity contribution in [1.82, 2.24) is 4.98 Å². The highest BCUT2D eigenvalue weighted by Crippen LogP contribution is 2.29. The van der Waals surface area contributed by atoms with Gasteiger partial charge >= 0.3 is 0 Å². The lowest BCUT2D eigenvalue weighted by Gasteiger charge is -2.04. The molecular formula is C6H5Cl2N3O. The highest BCUT2D eigenvalue weighted by atomic mass is 35.5. The lowest BCUT2D eigenvalue weighted by atomic mass is 10.4. The maximum atomic E-state index is 10.1. The van der Waals surface area contributed by atoms with Gasteiger partial charge in [0.2, 0.25) is 6.41 Å². The normalized spacial score (nSPS) is 9.50. The smallest absolute Gasteiger partial charge is 0.211 e. The number of hydrogen-bond acceptors (Lipinski definition) is 3. The van der Waals surface area contributed by atoms with Crippen molar-refractivity contribution in [2.75, 3.05) is 11.1 Å². The average molecular weight is 206 g/mol. The second-order valence-electron chi connectivity index (χ2n) is 1.96. The van der Waals surface area contributed by atoms with E-state index < -0.39 is 0 Å². The molecule has 1 aromatic heterocycles. The predicted octanol–water partition coefficient (Wildman–Crippen LogP) is 1.54. The fraction of sp³-hybridized carbons (Fsp3) is 0. The van der Waals surface area contributed by atoms with Gasteiger partial charge in [-0.05, 0) is 0 Å². The predicted molar refractivity (Wildman–Crippen MR) is 48.4 cm³/mol. The van der Waals surface area contributed by atoms with E-state index in [1.54, 1.807) is 0 Å². The Morgan fingerprint density at radius 3 is 2.75 bits per heavy atom. The summed E-state index contributed by atoms with van der Waals surface area (Å²) in [6.45, 7) is 0. The van der Waals surface area contributed by atoms with E-state index in [0.29, 0.717) is 6.41 Å². The zero-order valence-corrected chi connectivity index (χ0v) is 7.36. The van der Waals surface area contributed by atoms with Gasteiger partial charge in [-0.1, -0.05) is 23.2 Å². The lowest BCUT2D eigenvalue weighted by molar-refractivity contribution is -0.105. The van der Waals surface area contributed by atoms with E-state index in [1.807, 2.05) is 0 Å². The molecule has 0 saturated carbocycles. The van der Waals surface area contributed by atoms with Crippen LogP contribution in [-0.2, 0) is 4.79 Å². The number of carbonyl (C=O) groups excluding carboxylic acids is 1. The van der Waals surface area contributed by atoms with E-state index in [1.165, 1.54) is 6.07 Å². The van der Waals surface area contributed by atoms with Crippen molar-refractivity contribution in [2.24, 2.45) is 0 Å². The Balaban J connectivity index is 3.18. The van der Waals surface area contributed by atoms with Gasteiger partial charge in [0.25, 0.3) is 0 Å². The molecule has 6 heteroatoms. The van der Waals surface area contributed by atoms with E-state index >= 15 is 0 Å². The fourth-order valence-electron chi connectivity index (χ4n) is 0.689. The van der Waals surface area contributed by atoms with Crippen LogP contribution < -0.4 is 11.1 Å². The molecule has 0 fully saturated rings. The molecule has 0 aliphatic heterocycles. The third-order valence-corrected chi connectivity index (χ3v) is 1.72. The molecule has 0 aliphatic rings. The molecule has 1 heterocycles. The largest absolute Gasteiger partial charge is 0.384 e. The van der Waals surface area contributed by atoms with E-state index in [0.717, 1.165) is 0 Å². The first-order valence-electron chi connectivity index (χ1n) is 2.97. The molecule has 12 heavy (non-hydrogen) atoms. The molecular weight excluding hydrogens is 201 g/mol. The van der Waals surface area contributed by atoms with Crippen LogP contribution in [0.3, 0.4) is 0 Å². The van der Waals surface area contributed by atoms with Gasteiger partial charge in [0, 0.05) is 6.07 Å². The number of carbonyl (C=O) groups is 1. The standard InChI is InChI=1S/C6H5Cl2N3O/c7-3-1-4(9)11-6(8)5(3)10-2-12/h1-2H,(H2,9,11)(H,10,12). The van der Waals surface area contributed by atoms with Crippen LogP contribution in [0.5, 0.6) is 0 Å². The number of nitrogens with two attached hydrogens (primary N) is 1. The highest BCUT2D eigenvalue weighted by Gasteiger charge is 2.06. The maximum absolute atomic E-state index is 10.1. The molecule has 0 radical (unpaired) electrons. The van der Waals surface area contributed by atoms with Gasteiger partial charge in [-0.3, -0.25) is 4.79 Å². The number of aromatic nitrogens is 1. The minimum atomic E-state index is 0.0760. The van der Waals surface area contributed by atoms with Crippen molar-refractivity contribution in [3.8, 4) is 0 Å². The van der Waals surface area contributed by atoms with Crippen molar-refractivity contribution in [3.05, 3.63) is 16.2 Å². The maximum Gasteiger partial charge on any atom is 0.211 e. The molecule has 0 spiro atoms. The molecule has 1 aromatic rings. The third-order valence-electron chi connectivity index (χ3n) is 1.15. The molecule has 0 aromatic carbocycles. The second-order valence-corrected chi connectivity index (χ2v) is 2.72. The van der Waals surface area contributed by atoms with Crippen molar-refractivity contribution in [2.45, 2.75) is 0 Å². The first kappa shape index (κ1) is 9.09. The lowest BCUT2D eigenvalue weighted by Crippen LogP contribution is -1.99. The van der Waals surface area contributed by atoms with Crippen LogP contribution in [0.1, 0.15) is 0 Å². The van der Waals surface area contributed by atoms with Gasteiger partial charge in [-0.15, -0.1) is 0 Å². The van der Waals surface area contributed by atoms with Crippen LogP contribution in [0.4, 0.5) is 11.5 Å². The molecule has 3 N–H and O–H groups in total. The van der Waals surface area contributed by atoms with Crippen LogP contribution in [0.2, 0.25) is 10.2 Å². The summed E-state index contributed by atoms with van der Waals surface area (Å²) in [4.78, 5) is 13.8. The molecule has 0 unspecified atom stereocenters. The second kappa shape index (κ2) is 3.60. The number of rotatable bonds is 2. The van der Waals surface area contributed by atoms with Gasteiger partial charge < -0.3 is 11.1 Å². The van der Waals surface area contributed by atoms with Crippen LogP contribution in [0, 0.1) is 0 Å². The topological polar surface area (TPSA) is 68.0 Å². The molecule has 1 amide bonds. The number of halogens is 2. The molecule has 0 saturated heterocycles. The minimum Gasteiger partial charge on any atom is -0.384 e. The van der Waals surface area contributed by atoms with Gasteiger partial charge in [-0.2, -0.15) is 0 Å². The van der Waals surface area contributed by atoms with E-state index in [-0.39, 0.29) is 21.7 Å². The average Bonchev–Trinajstić information content (AvgIpc) is 1.96. The van der Waals surface area contributed by atoms with E-state index in [9.17, 15) is 4.79 Å². The summed E-state index contributed by atoms with van der Waals surface area (Å²) >= 11 is 11.3. The highest BCUT2D eigenvalue weighted by molar-refractivity contribution is 6.39. The Hall–Kier alpha value is -1.00. The molecule has 0 atom stereocenters. The van der Waals surface area contributed by atoms with Crippen molar-refractivity contribution < 1.29 is 4.79 Å². The van der Waals surface area contributed by atoms with Crippen LogP contribution >= 0.6 is 23.2 Å². The molecule has 1 rings (SSSR count). The quantitative estimate of drug-likeness (QED) is 0.569. The zero-order valence-electron chi connectivity index (χ0n) is 5.84. The minimum absolute atomic E-state index is 0.0760. The Kier molecular flexibility index (Phi) is 2.73. The number of nitrogen functional groups attached to an aromatic ring is 1. The summed E-state index contributed by atoms with van der Waals surface area (Å²) in [7, 11) is 0. The number of nitrogens with zero attached hydrogens (tertiary/aromatic N) is 1. The summed E-state index contributed by atoms with van der Waals surface area (Å²) in [6.07, 6.45) is 0.463. The Labute approximate surface area is 78.7 Å². The van der Waals surface area contributed by atoms with Gasteiger partial charge in [0.15, 0.2) is 5.15 Å². The monoisotopic (exact) mass is 205 g/mol. The summed E-state index contributed by atoms with van der Waals surface area (Å²) < 4.78 is 0. The summed E-state index contributed by atoms with van der Waals surface area (Å²) in [5.41, 5.74) is 5.59. The van der Waals surface area contributed by atoms with Gasteiger partial charge in [0.1, 0.15) is 5.82 Å². The fourth-order valence-corrected chi connectivity index (χ4v) is 1.25. The van der Waals surface area contributed by atoms with Gasteiger partial charge in [-0.25, -0.2) is 4.98 Å². The number of hydrogen-bond donors (Lipinski definition) is 2. The molecule has 64 valence electrons. The number of amides is 1. The summed E-state index contributed by atoms with van der Waals surface area (Å²) in [5, 5.41) is 2.65. The van der Waals surface area contributed by atoms with E-state index in [2.05, 4.69) is 10.3 Å². The van der Waals surface area contributed by atoms with Gasteiger partial charge in [0.05, 0.1) is 10.7 Å². The Morgan fingerprint density at radius 1 is 1.58 bits per heavy atom. The molecule has 4 nitrogen and oxygen atoms in total. The molecule has 0 aliphatic carbocycles. The van der Waals surface area contributed by atoms with Crippen molar-refractivity contribution in [1.29, 1.82) is 0 Å². The summed E-state index contributed by atoms with van der Waals surface area (Å²) in [6, 6.07) is 1.40. The Bertz CT molecular complexity index is 293. The number of pyridine rings is 1. The van der Waals surface area contributed by atoms with Crippen LogP contribution in [0.25, 0.3) is 0 Å². The first-order valence-corrected chi connectivity index (χ1v) is 3.72. The first-order chi connectivity index (χ1) is 5.65. The van der Waals surface area contributed by atoms with Crippen LogP contribution in [0.15, 0.2) is 6.07 Å². The number of nitrogens with one attached hydrogen (secondary N) is 1. The SMILES string of the molecule is Nc1cc(Cl)c(NC=O)c(Cl)n1. The van der Waals surface area contributed by atoms with Crippen molar-refractivity contribution in [3.63, 3.8) is 0 Å². The summed E-state index contributed by atoms with van der Waals surface area (Å²) in [5.74, 6) is 0.210. The third kappa shape index (κ3) is 1.78. The van der Waals surface area contributed by atoms with Crippen molar-refractivity contribution >= 4 is 41.1 Å².